The maximum Gasteiger partial charge on any atom is 0.337 e. The van der Waals surface area contributed by atoms with Crippen LogP contribution in [0.2, 0.25) is 0 Å². The molecular weight excluding hydrogens is 437 g/mol. The maximum atomic E-state index is 13.1. The van der Waals surface area contributed by atoms with Crippen molar-refractivity contribution < 1.29 is 28.2 Å². The number of nitrogens with zero attached hydrogens (tertiary/aromatic N) is 1. The van der Waals surface area contributed by atoms with Crippen LogP contribution in [-0.4, -0.2) is 37.0 Å². The molecule has 0 saturated heterocycles. The van der Waals surface area contributed by atoms with Crippen molar-refractivity contribution >= 4 is 17.8 Å². The van der Waals surface area contributed by atoms with Crippen molar-refractivity contribution in [1.29, 1.82) is 0 Å². The van der Waals surface area contributed by atoms with Gasteiger partial charge >= 0.3 is 5.97 Å². The molecule has 34 heavy (non-hydrogen) atoms. The summed E-state index contributed by atoms with van der Waals surface area (Å²) in [6.07, 6.45) is 2.41. The molecule has 2 aliphatic rings. The van der Waals surface area contributed by atoms with Crippen LogP contribution in [0.4, 0.5) is 4.39 Å². The Hall–Kier alpha value is -3.97. The van der Waals surface area contributed by atoms with Gasteiger partial charge in [-0.15, -0.1) is 0 Å². The van der Waals surface area contributed by atoms with Gasteiger partial charge in [-0.05, 0) is 60.0 Å². The lowest BCUT2D eigenvalue weighted by molar-refractivity contribution is 0.0600. The lowest BCUT2D eigenvalue weighted by Crippen LogP contribution is -2.33. The first-order chi connectivity index (χ1) is 16.5. The van der Waals surface area contributed by atoms with Gasteiger partial charge < -0.3 is 14.2 Å². The molecule has 3 aromatic carbocycles. The second kappa shape index (κ2) is 9.11. The van der Waals surface area contributed by atoms with E-state index in [0.717, 1.165) is 29.7 Å². The molecule has 0 spiro atoms. The number of ketones is 1. The molecule has 0 amide bonds. The summed E-state index contributed by atoms with van der Waals surface area (Å²) in [5.41, 5.74) is 3.54. The van der Waals surface area contributed by atoms with Crippen molar-refractivity contribution in [1.82, 2.24) is 4.90 Å². The molecule has 0 unspecified atom stereocenters. The van der Waals surface area contributed by atoms with Crippen molar-refractivity contribution in [2.24, 2.45) is 0 Å². The van der Waals surface area contributed by atoms with Crippen LogP contribution in [-0.2, 0) is 17.7 Å². The summed E-state index contributed by atoms with van der Waals surface area (Å²) in [6, 6.07) is 16.8. The predicted molar refractivity (Wildman–Crippen MR) is 123 cm³/mol. The molecule has 0 saturated carbocycles. The average Bonchev–Trinajstić information content (AvgIpc) is 3.19. The highest BCUT2D eigenvalue weighted by Gasteiger charge is 2.33. The topological polar surface area (TPSA) is 65.1 Å². The zero-order chi connectivity index (χ0) is 23.7. The van der Waals surface area contributed by atoms with E-state index < -0.39 is 5.97 Å². The van der Waals surface area contributed by atoms with Gasteiger partial charge in [0.05, 0.1) is 23.8 Å². The Morgan fingerprint density at radius 3 is 2.59 bits per heavy atom. The van der Waals surface area contributed by atoms with Gasteiger partial charge in [0.1, 0.15) is 24.0 Å². The molecule has 2 heterocycles. The highest BCUT2D eigenvalue weighted by atomic mass is 19.1. The predicted octanol–water partition coefficient (Wildman–Crippen LogP) is 4.62. The van der Waals surface area contributed by atoms with Crippen LogP contribution in [0.1, 0.15) is 37.4 Å². The Balaban J connectivity index is 1.33. The number of carbonyl (C=O) groups excluding carboxylic acids is 2. The van der Waals surface area contributed by atoms with Crippen molar-refractivity contribution in [2.45, 2.75) is 13.0 Å². The molecule has 0 atom stereocenters. The molecular formula is C27H22FNO5. The number of carbonyl (C=O) groups is 2. The smallest absolute Gasteiger partial charge is 0.337 e. The van der Waals surface area contributed by atoms with Crippen molar-refractivity contribution in [3.05, 3.63) is 100 Å². The first kappa shape index (κ1) is 21.9. The van der Waals surface area contributed by atoms with E-state index in [-0.39, 0.29) is 17.4 Å². The van der Waals surface area contributed by atoms with Crippen LogP contribution in [0.3, 0.4) is 0 Å². The van der Waals surface area contributed by atoms with Crippen LogP contribution in [0.25, 0.3) is 6.08 Å². The fourth-order valence-electron chi connectivity index (χ4n) is 4.07. The zero-order valence-corrected chi connectivity index (χ0v) is 18.5. The van der Waals surface area contributed by atoms with Crippen molar-refractivity contribution in [3.63, 3.8) is 0 Å². The van der Waals surface area contributed by atoms with E-state index in [0.29, 0.717) is 35.9 Å². The number of methoxy groups -OCH3 is 1. The van der Waals surface area contributed by atoms with E-state index in [2.05, 4.69) is 4.90 Å². The van der Waals surface area contributed by atoms with Gasteiger partial charge in [-0.1, -0.05) is 24.3 Å². The molecule has 2 aliphatic heterocycles. The minimum atomic E-state index is -0.421. The molecule has 0 fully saturated rings. The number of esters is 1. The zero-order valence-electron chi connectivity index (χ0n) is 18.5. The Morgan fingerprint density at radius 2 is 1.85 bits per heavy atom. The van der Waals surface area contributed by atoms with Crippen LogP contribution in [0.5, 0.6) is 11.5 Å². The summed E-state index contributed by atoms with van der Waals surface area (Å²) in [7, 11) is 1.33. The van der Waals surface area contributed by atoms with Crippen LogP contribution < -0.4 is 9.47 Å². The summed E-state index contributed by atoms with van der Waals surface area (Å²) in [5, 5.41) is 0. The number of ether oxygens (including phenoxy) is 3. The maximum absolute atomic E-state index is 13.1. The van der Waals surface area contributed by atoms with Gasteiger partial charge in [-0.25, -0.2) is 9.18 Å². The van der Waals surface area contributed by atoms with Crippen molar-refractivity contribution in [3.8, 4) is 11.5 Å². The molecule has 0 N–H and O–H groups in total. The number of rotatable bonds is 5. The van der Waals surface area contributed by atoms with Gasteiger partial charge in [-0.2, -0.15) is 0 Å². The highest BCUT2D eigenvalue weighted by molar-refractivity contribution is 6.15. The van der Waals surface area contributed by atoms with Gasteiger partial charge in [0, 0.05) is 13.1 Å². The first-order valence-corrected chi connectivity index (χ1v) is 10.9. The third kappa shape index (κ3) is 4.30. The fraction of sp³-hybridized carbons (Fsp3) is 0.185. The number of hydrogen-bond donors (Lipinski definition) is 0. The number of hydrogen-bond acceptors (Lipinski definition) is 6. The molecule has 172 valence electrons. The molecule has 0 aliphatic carbocycles. The lowest BCUT2D eigenvalue weighted by atomic mass is 10.0. The van der Waals surface area contributed by atoms with Gasteiger partial charge in [0.15, 0.2) is 5.76 Å². The Morgan fingerprint density at radius 1 is 1.09 bits per heavy atom. The molecule has 7 heteroatoms. The van der Waals surface area contributed by atoms with Crippen LogP contribution >= 0.6 is 0 Å². The van der Waals surface area contributed by atoms with E-state index in [1.165, 1.54) is 19.2 Å². The van der Waals surface area contributed by atoms with Gasteiger partial charge in [0.25, 0.3) is 0 Å². The van der Waals surface area contributed by atoms with Crippen LogP contribution in [0, 0.1) is 5.82 Å². The molecule has 6 nitrogen and oxygen atoms in total. The number of halogens is 1. The average molecular weight is 459 g/mol. The Bertz CT molecular complexity index is 1280. The van der Waals surface area contributed by atoms with Gasteiger partial charge in [-0.3, -0.25) is 9.69 Å². The fourth-order valence-corrected chi connectivity index (χ4v) is 4.07. The number of benzene rings is 3. The van der Waals surface area contributed by atoms with Crippen molar-refractivity contribution in [2.75, 3.05) is 20.4 Å². The summed E-state index contributed by atoms with van der Waals surface area (Å²) < 4.78 is 29.8. The highest BCUT2D eigenvalue weighted by Crippen LogP contribution is 2.42. The summed E-state index contributed by atoms with van der Waals surface area (Å²) in [6.45, 7) is 1.72. The second-order valence-corrected chi connectivity index (χ2v) is 8.17. The molecule has 0 radical (unpaired) electrons. The van der Waals surface area contributed by atoms with Crippen LogP contribution in [0.15, 0.2) is 66.4 Å². The number of fused-ring (bicyclic) bond motifs is 3. The second-order valence-electron chi connectivity index (χ2n) is 8.17. The van der Waals surface area contributed by atoms with E-state index in [4.69, 9.17) is 14.2 Å². The SMILES string of the molecule is COC(=O)c1ccc(/C=C2\Oc3c(ccc4c3CN(CCc3ccc(F)cc3)CO4)C2=O)cc1. The van der Waals surface area contributed by atoms with E-state index >= 15 is 0 Å². The summed E-state index contributed by atoms with van der Waals surface area (Å²) in [4.78, 5) is 26.7. The third-order valence-corrected chi connectivity index (χ3v) is 5.94. The molecule has 0 aromatic heterocycles. The van der Waals surface area contributed by atoms with E-state index in [1.807, 2.05) is 0 Å². The van der Waals surface area contributed by atoms with Gasteiger partial charge in [0.2, 0.25) is 5.78 Å². The Labute approximate surface area is 196 Å². The quantitative estimate of drug-likeness (QED) is 0.410. The normalized spacial score (nSPS) is 15.9. The standard InChI is InChI=1S/C27H22FNO5/c1-32-27(31)19-6-2-18(3-7-19)14-24-25(30)21-10-11-23-22(26(21)34-24)15-29(16-33-23)13-12-17-4-8-20(28)9-5-17/h2-11,14H,12-13,15-16H2,1H3/b24-14-. The monoisotopic (exact) mass is 459 g/mol. The van der Waals surface area contributed by atoms with E-state index in [9.17, 15) is 14.0 Å². The largest absolute Gasteiger partial charge is 0.478 e. The number of Topliss-reactive ketones (excluding diaryl/α,β-unsaturated/α-hetero) is 1. The lowest BCUT2D eigenvalue weighted by Gasteiger charge is -2.29. The molecule has 3 aromatic rings. The summed E-state index contributed by atoms with van der Waals surface area (Å²) in [5.74, 6) is 0.575. The minimum Gasteiger partial charge on any atom is -0.478 e. The minimum absolute atomic E-state index is 0.196. The first-order valence-electron chi connectivity index (χ1n) is 10.9. The summed E-state index contributed by atoms with van der Waals surface area (Å²) >= 11 is 0. The Kier molecular flexibility index (Phi) is 5.86. The van der Waals surface area contributed by atoms with E-state index in [1.54, 1.807) is 54.6 Å². The molecule has 5 rings (SSSR count). The third-order valence-electron chi connectivity index (χ3n) is 5.94. The molecule has 0 bridgehead atoms. The number of allylic oxidation sites excluding steroid dienone is 1.